The molecule has 0 spiro atoms. The number of aromatic hydroxyl groups is 1. The molecule has 2 saturated heterocycles. The predicted octanol–water partition coefficient (Wildman–Crippen LogP) is 4.49. The molecule has 2 aromatic carbocycles. The van der Waals surface area contributed by atoms with Gasteiger partial charge in [-0.05, 0) is 49.1 Å². The summed E-state index contributed by atoms with van der Waals surface area (Å²) in [6, 6.07) is 11.3. The molecule has 5 rings (SSSR count). The van der Waals surface area contributed by atoms with Gasteiger partial charge in [0, 0.05) is 31.9 Å². The topological polar surface area (TPSA) is 128 Å². The predicted molar refractivity (Wildman–Crippen MR) is 137 cm³/mol. The Hall–Kier alpha value is -4.17. The van der Waals surface area contributed by atoms with Gasteiger partial charge in [-0.1, -0.05) is 23.5 Å². The summed E-state index contributed by atoms with van der Waals surface area (Å²) in [6.45, 7) is 1.70. The third-order valence-electron chi connectivity index (χ3n) is 6.11. The molecule has 192 valence electrons. The number of phenolic OH excluding ortho intramolecular Hbond substituents is 1. The number of carbonyl (C=O) groups excluding carboxylic acids is 2. The van der Waals surface area contributed by atoms with Gasteiger partial charge in [0.05, 0.1) is 28.1 Å². The average molecular weight is 524 g/mol. The monoisotopic (exact) mass is 523 g/mol. The van der Waals surface area contributed by atoms with Crippen LogP contribution in [0.3, 0.4) is 0 Å². The fourth-order valence-electron chi connectivity index (χ4n) is 4.09. The van der Waals surface area contributed by atoms with E-state index in [9.17, 15) is 19.1 Å². The van der Waals surface area contributed by atoms with Crippen LogP contribution in [0.15, 0.2) is 42.6 Å². The smallest absolute Gasteiger partial charge is 0.410 e. The quantitative estimate of drug-likeness (QED) is 0.450. The Balaban J connectivity index is 0.000000265. The van der Waals surface area contributed by atoms with Crippen LogP contribution in [0.2, 0.25) is 0 Å². The van der Waals surface area contributed by atoms with Gasteiger partial charge < -0.3 is 25.4 Å². The standard InChI is InChI=1S/C19H15FN4O2S.C7H11NO2/c1-22-19-24-10-17(27-19)14-6-15(20)13(7-16(14)25)18(26)23-9-12-4-2-11(8-21)3-5-12;9-7-8-4-2-1-3-6(8)5-10-7/h2-7,10,25H,9H2,1H3,(H,22,24)(H,23,26);6H,1-5H2. The molecule has 11 heteroatoms. The van der Waals surface area contributed by atoms with Crippen LogP contribution in [-0.2, 0) is 11.3 Å². The largest absolute Gasteiger partial charge is 0.507 e. The lowest BCUT2D eigenvalue weighted by Gasteiger charge is -2.25. The highest BCUT2D eigenvalue weighted by molar-refractivity contribution is 7.18. The van der Waals surface area contributed by atoms with Gasteiger partial charge in [0.2, 0.25) is 0 Å². The van der Waals surface area contributed by atoms with E-state index >= 15 is 0 Å². The van der Waals surface area contributed by atoms with Crippen LogP contribution in [-0.4, -0.2) is 53.2 Å². The molecule has 2 fully saturated rings. The van der Waals surface area contributed by atoms with E-state index in [4.69, 9.17) is 10.00 Å². The van der Waals surface area contributed by atoms with Crippen molar-refractivity contribution in [2.24, 2.45) is 0 Å². The van der Waals surface area contributed by atoms with Crippen molar-refractivity contribution >= 4 is 28.5 Å². The number of piperidine rings is 1. The van der Waals surface area contributed by atoms with Crippen LogP contribution in [0, 0.1) is 17.1 Å². The number of cyclic esters (lactones) is 1. The number of anilines is 1. The number of thiazole rings is 1. The fraction of sp³-hybridized carbons (Fsp3) is 0.308. The Labute approximate surface area is 217 Å². The van der Waals surface area contributed by atoms with Gasteiger partial charge in [0.15, 0.2) is 5.13 Å². The minimum atomic E-state index is -0.737. The molecular weight excluding hydrogens is 497 g/mol. The zero-order valence-corrected chi connectivity index (χ0v) is 21.0. The van der Waals surface area contributed by atoms with Crippen molar-refractivity contribution in [3.63, 3.8) is 0 Å². The van der Waals surface area contributed by atoms with E-state index in [2.05, 4.69) is 15.6 Å². The first-order chi connectivity index (χ1) is 17.9. The Morgan fingerprint density at radius 2 is 2.11 bits per heavy atom. The molecule has 0 saturated carbocycles. The second kappa shape index (κ2) is 11.7. The van der Waals surface area contributed by atoms with Gasteiger partial charge in [0.25, 0.3) is 5.91 Å². The van der Waals surface area contributed by atoms with E-state index in [-0.39, 0.29) is 29.5 Å². The number of nitrogens with one attached hydrogen (secondary N) is 2. The molecule has 1 aromatic heterocycles. The van der Waals surface area contributed by atoms with E-state index < -0.39 is 11.7 Å². The summed E-state index contributed by atoms with van der Waals surface area (Å²) in [7, 11) is 1.71. The lowest BCUT2D eigenvalue weighted by atomic mass is 10.0. The number of nitrogens with zero attached hydrogens (tertiary/aromatic N) is 3. The normalized spacial score (nSPS) is 16.1. The molecule has 3 heterocycles. The number of phenols is 1. The molecule has 2 amide bonds. The van der Waals surface area contributed by atoms with E-state index in [1.807, 2.05) is 11.0 Å². The Kier molecular flexibility index (Phi) is 8.20. The fourth-order valence-corrected chi connectivity index (χ4v) is 4.88. The highest BCUT2D eigenvalue weighted by Crippen LogP contribution is 2.36. The van der Waals surface area contributed by atoms with E-state index in [0.29, 0.717) is 28.2 Å². The number of amides is 2. The Bertz CT molecular complexity index is 1320. The van der Waals surface area contributed by atoms with Gasteiger partial charge in [-0.3, -0.25) is 4.79 Å². The number of hydrogen-bond donors (Lipinski definition) is 3. The zero-order valence-electron chi connectivity index (χ0n) is 20.2. The summed E-state index contributed by atoms with van der Waals surface area (Å²) in [4.78, 5) is 29.7. The molecule has 2 aliphatic heterocycles. The minimum absolute atomic E-state index is 0.107. The molecule has 3 aromatic rings. The lowest BCUT2D eigenvalue weighted by molar-refractivity contribution is 0.0946. The number of halogens is 1. The summed E-state index contributed by atoms with van der Waals surface area (Å²) in [6.07, 6.45) is 4.94. The van der Waals surface area contributed by atoms with Crippen LogP contribution >= 0.6 is 11.3 Å². The second-order valence-corrected chi connectivity index (χ2v) is 9.57. The molecule has 37 heavy (non-hydrogen) atoms. The lowest BCUT2D eigenvalue weighted by Crippen LogP contribution is -2.37. The third-order valence-corrected chi connectivity index (χ3v) is 7.16. The zero-order chi connectivity index (χ0) is 26.4. The van der Waals surface area contributed by atoms with Gasteiger partial charge in [0.1, 0.15) is 18.2 Å². The Morgan fingerprint density at radius 3 is 2.78 bits per heavy atom. The van der Waals surface area contributed by atoms with Gasteiger partial charge in [-0.2, -0.15) is 5.26 Å². The van der Waals surface area contributed by atoms with E-state index in [1.54, 1.807) is 31.3 Å². The van der Waals surface area contributed by atoms with Crippen LogP contribution in [0.4, 0.5) is 14.3 Å². The summed E-state index contributed by atoms with van der Waals surface area (Å²) in [5, 5.41) is 25.1. The number of rotatable bonds is 5. The summed E-state index contributed by atoms with van der Waals surface area (Å²) >= 11 is 1.26. The third kappa shape index (κ3) is 6.16. The van der Waals surface area contributed by atoms with Crippen LogP contribution < -0.4 is 10.6 Å². The maximum atomic E-state index is 14.4. The molecule has 3 N–H and O–H groups in total. The van der Waals surface area contributed by atoms with Crippen LogP contribution in [0.25, 0.3) is 10.4 Å². The van der Waals surface area contributed by atoms with Crippen molar-refractivity contribution in [2.75, 3.05) is 25.5 Å². The van der Waals surface area contributed by atoms with Gasteiger partial charge in [-0.15, -0.1) is 0 Å². The summed E-state index contributed by atoms with van der Waals surface area (Å²) < 4.78 is 19.3. The molecule has 1 unspecified atom stereocenters. The first-order valence-electron chi connectivity index (χ1n) is 11.8. The van der Waals surface area contributed by atoms with Crippen molar-refractivity contribution in [3.05, 3.63) is 65.1 Å². The second-order valence-electron chi connectivity index (χ2n) is 8.54. The van der Waals surface area contributed by atoms with Crippen molar-refractivity contribution in [1.82, 2.24) is 15.2 Å². The summed E-state index contributed by atoms with van der Waals surface area (Å²) in [5.74, 6) is -1.58. The molecule has 0 aliphatic carbocycles. The number of aromatic nitrogens is 1. The van der Waals surface area contributed by atoms with Gasteiger partial charge in [-0.25, -0.2) is 14.2 Å². The number of fused-ring (bicyclic) bond motifs is 1. The van der Waals surface area contributed by atoms with Gasteiger partial charge >= 0.3 is 6.09 Å². The highest BCUT2D eigenvalue weighted by Gasteiger charge is 2.34. The SMILES string of the molecule is CNc1ncc(-c2cc(F)c(C(=O)NCc3ccc(C#N)cc3)cc2O)s1.O=C1OCC2CCCCN12. The van der Waals surface area contributed by atoms with Crippen molar-refractivity contribution in [2.45, 2.75) is 31.8 Å². The number of benzene rings is 2. The molecule has 1 atom stereocenters. The van der Waals surface area contributed by atoms with Crippen LogP contribution in [0.1, 0.15) is 40.7 Å². The van der Waals surface area contributed by atoms with Crippen LogP contribution in [0.5, 0.6) is 5.75 Å². The molecule has 9 nitrogen and oxygen atoms in total. The van der Waals surface area contributed by atoms with Crippen molar-refractivity contribution in [3.8, 4) is 22.3 Å². The number of nitriles is 1. The minimum Gasteiger partial charge on any atom is -0.507 e. The highest BCUT2D eigenvalue weighted by atomic mass is 32.1. The maximum absolute atomic E-state index is 14.4. The first-order valence-corrected chi connectivity index (χ1v) is 12.6. The number of ether oxygens (including phenoxy) is 1. The molecule has 0 bridgehead atoms. The first kappa shape index (κ1) is 25.9. The summed E-state index contributed by atoms with van der Waals surface area (Å²) in [5.41, 5.74) is 1.31. The molecular formula is C26H26FN5O4S. The molecule has 0 radical (unpaired) electrons. The van der Waals surface area contributed by atoms with Crippen molar-refractivity contribution < 1.29 is 23.8 Å². The average Bonchev–Trinajstić information content (AvgIpc) is 3.56. The molecule has 2 aliphatic rings. The number of carbonyl (C=O) groups is 2. The van der Waals surface area contributed by atoms with E-state index in [0.717, 1.165) is 37.1 Å². The maximum Gasteiger partial charge on any atom is 0.410 e. The Morgan fingerprint density at radius 1 is 1.32 bits per heavy atom. The van der Waals surface area contributed by atoms with E-state index in [1.165, 1.54) is 24.0 Å². The number of hydrogen-bond acceptors (Lipinski definition) is 8. The van der Waals surface area contributed by atoms with Crippen molar-refractivity contribution in [1.29, 1.82) is 5.26 Å².